The highest BCUT2D eigenvalue weighted by molar-refractivity contribution is 6.37. The molecule has 0 aromatic heterocycles. The van der Waals surface area contributed by atoms with Crippen LogP contribution >= 0.6 is 0 Å². The van der Waals surface area contributed by atoms with Crippen LogP contribution in [0.1, 0.15) is 63.1 Å². The Morgan fingerprint density at radius 1 is 0.976 bits per heavy atom. The number of rotatable bonds is 10. The van der Waals surface area contributed by atoms with Crippen molar-refractivity contribution in [2.45, 2.75) is 32.6 Å². The highest BCUT2D eigenvalue weighted by Gasteiger charge is 2.30. The van der Waals surface area contributed by atoms with E-state index in [1.54, 1.807) is 37.3 Å². The van der Waals surface area contributed by atoms with E-state index in [1.165, 1.54) is 25.3 Å². The van der Waals surface area contributed by atoms with Gasteiger partial charge in [-0.15, -0.1) is 0 Å². The van der Waals surface area contributed by atoms with Crippen LogP contribution in [0.25, 0.3) is 11.3 Å². The monoisotopic (exact) mass is 554 g/mol. The van der Waals surface area contributed by atoms with E-state index in [2.05, 4.69) is 21.0 Å². The van der Waals surface area contributed by atoms with Gasteiger partial charge in [-0.25, -0.2) is 10.3 Å². The number of piperidine rings is 1. The van der Waals surface area contributed by atoms with Crippen LogP contribution in [0.2, 0.25) is 0 Å². The second-order valence-corrected chi connectivity index (χ2v) is 10.3. The largest absolute Gasteiger partial charge is 0.478 e. The van der Waals surface area contributed by atoms with Crippen molar-refractivity contribution in [3.05, 3.63) is 94.5 Å². The zero-order valence-corrected chi connectivity index (χ0v) is 23.0. The number of amides is 2. The summed E-state index contributed by atoms with van der Waals surface area (Å²) in [6.45, 7) is 5.41. The zero-order valence-electron chi connectivity index (χ0n) is 23.0. The zero-order chi connectivity index (χ0) is 28.8. The third-order valence-corrected chi connectivity index (χ3v) is 7.40. The first-order valence-electron chi connectivity index (χ1n) is 13.9. The summed E-state index contributed by atoms with van der Waals surface area (Å²) in [4.78, 5) is 45.2. The Bertz CT molecular complexity index is 1460. The number of likely N-dealkylation sites (tertiary alicyclic amines) is 1. The quantitative estimate of drug-likeness (QED) is 0.155. The molecule has 2 aliphatic rings. The number of carboxylic acids is 1. The van der Waals surface area contributed by atoms with Gasteiger partial charge in [-0.3, -0.25) is 14.4 Å². The summed E-state index contributed by atoms with van der Waals surface area (Å²) in [7, 11) is 0. The lowest BCUT2D eigenvalue weighted by atomic mass is 9.96. The number of hydrogen-bond acceptors (Lipinski definition) is 6. The van der Waals surface area contributed by atoms with Crippen LogP contribution in [-0.2, 0) is 9.63 Å². The molecule has 2 aliphatic heterocycles. The fourth-order valence-corrected chi connectivity index (χ4v) is 5.26. The predicted molar refractivity (Wildman–Crippen MR) is 158 cm³/mol. The van der Waals surface area contributed by atoms with Gasteiger partial charge in [0, 0.05) is 23.4 Å². The van der Waals surface area contributed by atoms with Gasteiger partial charge in [-0.05, 0) is 86.8 Å². The lowest BCUT2D eigenvalue weighted by Crippen LogP contribution is -2.32. The smallest absolute Gasteiger partial charge is 0.336 e. The van der Waals surface area contributed by atoms with Gasteiger partial charge in [0.25, 0.3) is 11.8 Å². The van der Waals surface area contributed by atoms with Crippen LogP contribution in [0.15, 0.2) is 66.7 Å². The van der Waals surface area contributed by atoms with Crippen molar-refractivity contribution >= 4 is 40.4 Å². The van der Waals surface area contributed by atoms with Crippen LogP contribution in [-0.4, -0.2) is 54.0 Å². The SMILES string of the molecule is Cc1cc2c(cc1C(=O)O)NC(=O)/C2=C(/Nc1ccc(C(=O)NOCCCN2CCCCC2)cc1)c1ccccc1. The molecular weight excluding hydrogens is 520 g/mol. The van der Waals surface area contributed by atoms with Gasteiger partial charge >= 0.3 is 5.97 Å². The summed E-state index contributed by atoms with van der Waals surface area (Å²) in [5, 5.41) is 15.7. The number of hydroxylamine groups is 1. The van der Waals surface area contributed by atoms with Crippen molar-refractivity contribution in [1.82, 2.24) is 10.4 Å². The van der Waals surface area contributed by atoms with Crippen molar-refractivity contribution < 1.29 is 24.3 Å². The Morgan fingerprint density at radius 2 is 1.71 bits per heavy atom. The third kappa shape index (κ3) is 6.65. The lowest BCUT2D eigenvalue weighted by molar-refractivity contribution is -0.110. The first kappa shape index (κ1) is 28.1. The highest BCUT2D eigenvalue weighted by Crippen LogP contribution is 2.39. The molecule has 5 rings (SSSR count). The third-order valence-electron chi connectivity index (χ3n) is 7.40. The van der Waals surface area contributed by atoms with Gasteiger partial charge in [-0.1, -0.05) is 36.8 Å². The normalized spacial score (nSPS) is 16.1. The average molecular weight is 555 g/mol. The molecule has 1 fully saturated rings. The molecule has 9 nitrogen and oxygen atoms in total. The number of anilines is 2. The van der Waals surface area contributed by atoms with Crippen LogP contribution < -0.4 is 16.1 Å². The van der Waals surface area contributed by atoms with E-state index in [0.717, 1.165) is 31.6 Å². The Labute approximate surface area is 239 Å². The van der Waals surface area contributed by atoms with Crippen molar-refractivity contribution in [2.75, 3.05) is 36.9 Å². The van der Waals surface area contributed by atoms with E-state index >= 15 is 0 Å². The molecule has 3 aromatic rings. The first-order valence-corrected chi connectivity index (χ1v) is 13.9. The molecule has 0 bridgehead atoms. The van der Waals surface area contributed by atoms with Crippen LogP contribution in [0.5, 0.6) is 0 Å². The molecule has 4 N–H and O–H groups in total. The van der Waals surface area contributed by atoms with E-state index < -0.39 is 5.97 Å². The lowest BCUT2D eigenvalue weighted by Gasteiger charge is -2.26. The fraction of sp³-hybridized carbons (Fsp3) is 0.281. The number of nitrogens with zero attached hydrogens (tertiary/aromatic N) is 1. The predicted octanol–water partition coefficient (Wildman–Crippen LogP) is 5.16. The average Bonchev–Trinajstić information content (AvgIpc) is 3.30. The van der Waals surface area contributed by atoms with E-state index in [0.29, 0.717) is 45.9 Å². The van der Waals surface area contributed by atoms with Crippen molar-refractivity contribution in [2.24, 2.45) is 0 Å². The number of carbonyl (C=O) groups excluding carboxylic acids is 2. The summed E-state index contributed by atoms with van der Waals surface area (Å²) in [6.07, 6.45) is 4.66. The first-order chi connectivity index (χ1) is 19.9. The van der Waals surface area contributed by atoms with Crippen LogP contribution in [0, 0.1) is 6.92 Å². The van der Waals surface area contributed by atoms with Gasteiger partial charge in [0.2, 0.25) is 0 Å². The van der Waals surface area contributed by atoms with Gasteiger partial charge in [0.05, 0.1) is 29.1 Å². The second-order valence-electron chi connectivity index (χ2n) is 10.3. The van der Waals surface area contributed by atoms with E-state index in [9.17, 15) is 19.5 Å². The van der Waals surface area contributed by atoms with E-state index in [4.69, 9.17) is 4.84 Å². The highest BCUT2D eigenvalue weighted by atomic mass is 16.6. The Kier molecular flexibility index (Phi) is 8.76. The Balaban J connectivity index is 1.30. The van der Waals surface area contributed by atoms with Gasteiger partial charge in [0.15, 0.2) is 0 Å². The van der Waals surface area contributed by atoms with Gasteiger partial charge < -0.3 is 20.6 Å². The van der Waals surface area contributed by atoms with Crippen LogP contribution in [0.4, 0.5) is 11.4 Å². The number of benzene rings is 3. The molecule has 41 heavy (non-hydrogen) atoms. The minimum absolute atomic E-state index is 0.138. The molecule has 1 saturated heterocycles. The summed E-state index contributed by atoms with van der Waals surface area (Å²) in [6, 6.07) is 19.5. The molecule has 0 unspecified atom stereocenters. The second kappa shape index (κ2) is 12.8. The Morgan fingerprint density at radius 3 is 2.41 bits per heavy atom. The van der Waals surface area contributed by atoms with Gasteiger partial charge in [-0.2, -0.15) is 0 Å². The number of aromatic carboxylic acids is 1. The molecule has 0 aliphatic carbocycles. The summed E-state index contributed by atoms with van der Waals surface area (Å²) in [5.74, 6) is -1.71. The van der Waals surface area contributed by atoms with E-state index in [1.807, 2.05) is 30.3 Å². The van der Waals surface area contributed by atoms with E-state index in [-0.39, 0.29) is 17.4 Å². The topological polar surface area (TPSA) is 120 Å². The maximum atomic E-state index is 13.2. The number of fused-ring (bicyclic) bond motifs is 1. The standard InChI is InChI=1S/C32H34N4O5/c1-21-19-26-27(20-25(21)32(39)40)34-31(38)28(26)29(22-9-4-2-5-10-22)33-24-13-11-23(12-14-24)30(37)35-41-18-8-17-36-15-6-3-7-16-36/h2,4-5,9-14,19-20,33H,3,6-8,15-18H2,1H3,(H,34,38)(H,35,37)(H,39,40)/b29-28+. The number of nitrogens with one attached hydrogen (secondary N) is 3. The summed E-state index contributed by atoms with van der Waals surface area (Å²) < 4.78 is 0. The molecule has 212 valence electrons. The molecule has 0 saturated carbocycles. The number of carboxylic acid groups (broad SMARTS) is 1. The molecule has 9 heteroatoms. The molecule has 0 radical (unpaired) electrons. The maximum Gasteiger partial charge on any atom is 0.336 e. The van der Waals surface area contributed by atoms with Crippen molar-refractivity contribution in [3.8, 4) is 0 Å². The molecule has 2 heterocycles. The maximum absolute atomic E-state index is 13.2. The number of aryl methyl sites for hydroxylation is 1. The number of hydrogen-bond donors (Lipinski definition) is 4. The minimum Gasteiger partial charge on any atom is -0.478 e. The molecule has 0 atom stereocenters. The fourth-order valence-electron chi connectivity index (χ4n) is 5.26. The molecule has 0 spiro atoms. The summed E-state index contributed by atoms with van der Waals surface area (Å²) in [5.41, 5.74) is 7.17. The van der Waals surface area contributed by atoms with Crippen molar-refractivity contribution in [3.63, 3.8) is 0 Å². The van der Waals surface area contributed by atoms with Crippen molar-refractivity contribution in [1.29, 1.82) is 0 Å². The minimum atomic E-state index is -1.05. The molecule has 3 aromatic carbocycles. The molecule has 2 amide bonds. The van der Waals surface area contributed by atoms with Gasteiger partial charge in [0.1, 0.15) is 0 Å². The Hall–Kier alpha value is -4.47. The van der Waals surface area contributed by atoms with Crippen LogP contribution in [0.3, 0.4) is 0 Å². The number of carbonyl (C=O) groups is 3. The molecular formula is C32H34N4O5. The summed E-state index contributed by atoms with van der Waals surface area (Å²) >= 11 is 0.